The Balaban J connectivity index is 2.09. The largest absolute Gasteiger partial charge is 0.416 e. The van der Waals surface area contributed by atoms with Crippen LogP contribution in [0.5, 0.6) is 0 Å². The van der Waals surface area contributed by atoms with Gasteiger partial charge in [0.1, 0.15) is 0 Å². The van der Waals surface area contributed by atoms with Gasteiger partial charge in [0, 0.05) is 12.8 Å². The summed E-state index contributed by atoms with van der Waals surface area (Å²) in [5.41, 5.74) is 3.72. The number of benzene rings is 1. The third-order valence-electron chi connectivity index (χ3n) is 3.15. The first-order chi connectivity index (χ1) is 9.30. The van der Waals surface area contributed by atoms with Gasteiger partial charge in [0.2, 0.25) is 11.8 Å². The number of amides is 2. The van der Waals surface area contributed by atoms with E-state index in [9.17, 15) is 22.8 Å². The average molecular weight is 286 g/mol. The molecule has 0 aromatic heterocycles. The molecule has 2 unspecified atom stereocenters. The molecule has 7 heteroatoms. The smallest absolute Gasteiger partial charge is 0.274 e. The van der Waals surface area contributed by atoms with E-state index in [2.05, 4.69) is 10.9 Å². The molecule has 1 aromatic carbocycles. The monoisotopic (exact) mass is 286 g/mol. The number of hydrazine groups is 1. The topological polar surface area (TPSA) is 58.2 Å². The second kappa shape index (κ2) is 5.15. The first-order valence-electron chi connectivity index (χ1n) is 6.03. The second-order valence-corrected chi connectivity index (χ2v) is 4.70. The Morgan fingerprint density at radius 2 is 1.85 bits per heavy atom. The summed E-state index contributed by atoms with van der Waals surface area (Å²) in [5, 5.41) is 0. The Morgan fingerprint density at radius 3 is 2.45 bits per heavy atom. The molecule has 0 radical (unpaired) electrons. The number of carbonyl (C=O) groups excluding carboxylic acids is 2. The summed E-state index contributed by atoms with van der Waals surface area (Å²) in [4.78, 5) is 22.3. The van der Waals surface area contributed by atoms with Crippen molar-refractivity contribution < 1.29 is 22.8 Å². The van der Waals surface area contributed by atoms with E-state index in [-0.39, 0.29) is 5.56 Å². The minimum Gasteiger partial charge on any atom is -0.274 e. The van der Waals surface area contributed by atoms with Crippen LogP contribution < -0.4 is 10.9 Å². The molecule has 2 atom stereocenters. The van der Waals surface area contributed by atoms with Crippen LogP contribution >= 0.6 is 0 Å². The lowest BCUT2D eigenvalue weighted by molar-refractivity contribution is -0.138. The molecule has 0 heterocycles. The fourth-order valence-electron chi connectivity index (χ4n) is 2.15. The van der Waals surface area contributed by atoms with Gasteiger partial charge in [0.25, 0.3) is 0 Å². The third-order valence-corrected chi connectivity index (χ3v) is 3.15. The van der Waals surface area contributed by atoms with Gasteiger partial charge in [0.15, 0.2) is 0 Å². The molecule has 108 valence electrons. The Bertz CT molecular complexity index is 543. The minimum atomic E-state index is -4.43. The number of halogens is 3. The van der Waals surface area contributed by atoms with E-state index in [1.165, 1.54) is 25.1 Å². The predicted octanol–water partition coefficient (Wildman–Crippen LogP) is 1.98. The number of rotatable bonds is 2. The van der Waals surface area contributed by atoms with E-state index >= 15 is 0 Å². The van der Waals surface area contributed by atoms with E-state index in [0.29, 0.717) is 6.42 Å². The second-order valence-electron chi connectivity index (χ2n) is 4.70. The summed E-state index contributed by atoms with van der Waals surface area (Å²) < 4.78 is 38.6. The highest BCUT2D eigenvalue weighted by atomic mass is 19.4. The van der Waals surface area contributed by atoms with Gasteiger partial charge in [0.05, 0.1) is 5.56 Å². The summed E-state index contributed by atoms with van der Waals surface area (Å²) in [7, 11) is 0. The van der Waals surface area contributed by atoms with Crippen LogP contribution in [-0.4, -0.2) is 11.8 Å². The number of hydrogen-bond acceptors (Lipinski definition) is 2. The zero-order valence-electron chi connectivity index (χ0n) is 10.6. The molecular weight excluding hydrogens is 273 g/mol. The van der Waals surface area contributed by atoms with Gasteiger partial charge in [-0.05, 0) is 24.0 Å². The molecule has 1 aromatic rings. The molecule has 2 rings (SSSR count). The molecule has 1 saturated carbocycles. The van der Waals surface area contributed by atoms with Gasteiger partial charge in [-0.15, -0.1) is 0 Å². The van der Waals surface area contributed by atoms with Crippen LogP contribution in [0.4, 0.5) is 13.2 Å². The fraction of sp³-hybridized carbons (Fsp3) is 0.385. The maximum atomic E-state index is 12.9. The van der Waals surface area contributed by atoms with Crippen LogP contribution in [-0.2, 0) is 15.8 Å². The van der Waals surface area contributed by atoms with Crippen molar-refractivity contribution >= 4 is 11.8 Å². The maximum absolute atomic E-state index is 12.9. The lowest BCUT2D eigenvalue weighted by Gasteiger charge is -2.12. The Labute approximate surface area is 113 Å². The molecule has 2 N–H and O–H groups in total. The summed E-state index contributed by atoms with van der Waals surface area (Å²) in [6, 6.07) is 5.24. The van der Waals surface area contributed by atoms with Crippen LogP contribution in [0.25, 0.3) is 0 Å². The van der Waals surface area contributed by atoms with Crippen LogP contribution in [0.15, 0.2) is 24.3 Å². The molecule has 0 saturated heterocycles. The first-order valence-corrected chi connectivity index (χ1v) is 6.03. The van der Waals surface area contributed by atoms with Crippen molar-refractivity contribution in [2.45, 2.75) is 25.4 Å². The van der Waals surface area contributed by atoms with Crippen molar-refractivity contribution in [3.05, 3.63) is 35.4 Å². The van der Waals surface area contributed by atoms with Crippen LogP contribution in [0.1, 0.15) is 30.4 Å². The Morgan fingerprint density at radius 1 is 1.20 bits per heavy atom. The molecule has 1 aliphatic rings. The summed E-state index contributed by atoms with van der Waals surface area (Å²) in [5.74, 6) is -1.90. The lowest BCUT2D eigenvalue weighted by atomic mass is 10.0. The van der Waals surface area contributed by atoms with Gasteiger partial charge in [-0.2, -0.15) is 13.2 Å². The SMILES string of the molecule is CC(=O)NNC(=O)C1CC1c1ccccc1C(F)(F)F. The third kappa shape index (κ3) is 3.09. The van der Waals surface area contributed by atoms with Gasteiger partial charge < -0.3 is 0 Å². The van der Waals surface area contributed by atoms with Gasteiger partial charge in [-0.1, -0.05) is 18.2 Å². The van der Waals surface area contributed by atoms with Crippen LogP contribution in [0.3, 0.4) is 0 Å². The average Bonchev–Trinajstić information content (AvgIpc) is 3.15. The quantitative estimate of drug-likeness (QED) is 0.817. The molecule has 1 fully saturated rings. The zero-order valence-corrected chi connectivity index (χ0v) is 10.6. The maximum Gasteiger partial charge on any atom is 0.416 e. The van der Waals surface area contributed by atoms with Gasteiger partial charge in [-0.25, -0.2) is 0 Å². The highest BCUT2D eigenvalue weighted by Crippen LogP contribution is 2.50. The normalized spacial score (nSPS) is 21.2. The van der Waals surface area contributed by atoms with Crippen molar-refractivity contribution in [1.29, 1.82) is 0 Å². The van der Waals surface area contributed by atoms with Crippen molar-refractivity contribution in [3.63, 3.8) is 0 Å². The fourth-order valence-corrected chi connectivity index (χ4v) is 2.15. The number of nitrogens with one attached hydrogen (secondary N) is 2. The first kappa shape index (κ1) is 14.4. The molecule has 0 spiro atoms. The molecule has 1 aliphatic carbocycles. The number of carbonyl (C=O) groups is 2. The minimum absolute atomic E-state index is 0.128. The number of hydrogen-bond donors (Lipinski definition) is 2. The van der Waals surface area contributed by atoms with Gasteiger partial charge in [-0.3, -0.25) is 20.4 Å². The Kier molecular flexibility index (Phi) is 3.69. The van der Waals surface area contributed by atoms with Gasteiger partial charge >= 0.3 is 6.18 Å². The standard InChI is InChI=1S/C13H13F3N2O2/c1-7(19)17-18-12(20)10-6-9(10)8-4-2-3-5-11(8)13(14,15)16/h2-5,9-10H,6H2,1H3,(H,17,19)(H,18,20). The van der Waals surface area contributed by atoms with E-state index in [4.69, 9.17) is 0 Å². The Hall–Kier alpha value is -2.05. The van der Waals surface area contributed by atoms with Crippen molar-refractivity contribution in [2.24, 2.45) is 5.92 Å². The molecular formula is C13H13F3N2O2. The molecule has 20 heavy (non-hydrogen) atoms. The molecule has 4 nitrogen and oxygen atoms in total. The highest BCUT2D eigenvalue weighted by Gasteiger charge is 2.47. The zero-order chi connectivity index (χ0) is 14.9. The van der Waals surface area contributed by atoms with Crippen molar-refractivity contribution in [1.82, 2.24) is 10.9 Å². The molecule has 0 aliphatic heterocycles. The predicted molar refractivity (Wildman–Crippen MR) is 64.3 cm³/mol. The van der Waals surface area contributed by atoms with E-state index in [1.807, 2.05) is 0 Å². The van der Waals surface area contributed by atoms with Crippen molar-refractivity contribution in [3.8, 4) is 0 Å². The summed E-state index contributed by atoms with van der Waals surface area (Å²) in [6.45, 7) is 1.23. The number of alkyl halides is 3. The highest BCUT2D eigenvalue weighted by molar-refractivity contribution is 5.85. The summed E-state index contributed by atoms with van der Waals surface area (Å²) in [6.07, 6.45) is -4.09. The van der Waals surface area contributed by atoms with E-state index in [0.717, 1.165) is 6.07 Å². The van der Waals surface area contributed by atoms with Crippen LogP contribution in [0.2, 0.25) is 0 Å². The lowest BCUT2D eigenvalue weighted by Crippen LogP contribution is -2.41. The molecule has 2 amide bonds. The van der Waals surface area contributed by atoms with Crippen molar-refractivity contribution in [2.75, 3.05) is 0 Å². The van der Waals surface area contributed by atoms with Crippen LogP contribution in [0, 0.1) is 5.92 Å². The van der Waals surface area contributed by atoms with E-state index < -0.39 is 35.4 Å². The van der Waals surface area contributed by atoms with E-state index in [1.54, 1.807) is 0 Å². The summed E-state index contributed by atoms with van der Waals surface area (Å²) >= 11 is 0. The molecule has 0 bridgehead atoms.